The number of methoxy groups -OCH3 is 1. The molecule has 0 aliphatic rings. The number of hydrogen-bond acceptors (Lipinski definition) is 3. The fourth-order valence-corrected chi connectivity index (χ4v) is 2.07. The maximum Gasteiger partial charge on any atom is 0.121 e. The predicted molar refractivity (Wildman–Crippen MR) is 76.9 cm³/mol. The Bertz CT molecular complexity index is 383. The molecule has 0 fully saturated rings. The lowest BCUT2D eigenvalue weighted by molar-refractivity contribution is 0.132. The molecule has 1 aromatic carbocycles. The van der Waals surface area contributed by atoms with Gasteiger partial charge >= 0.3 is 0 Å². The minimum atomic E-state index is 0.132. The van der Waals surface area contributed by atoms with E-state index in [4.69, 9.17) is 10.5 Å². The minimum Gasteiger partial charge on any atom is -0.496 e. The highest BCUT2D eigenvalue weighted by Crippen LogP contribution is 2.22. The van der Waals surface area contributed by atoms with E-state index in [0.717, 1.165) is 18.8 Å². The Morgan fingerprint density at radius 3 is 2.39 bits per heavy atom. The first kappa shape index (κ1) is 15.0. The second-order valence-electron chi connectivity index (χ2n) is 5.69. The number of aryl methyl sites for hydroxylation is 1. The lowest BCUT2D eigenvalue weighted by Gasteiger charge is -2.35. The van der Waals surface area contributed by atoms with Crippen LogP contribution in [0.1, 0.15) is 31.9 Å². The SMILES string of the molecule is COc1ccc(CN(CCN)C(C)(C)C)cc1C. The van der Waals surface area contributed by atoms with Gasteiger partial charge in [0.2, 0.25) is 0 Å². The molecule has 0 radical (unpaired) electrons. The summed E-state index contributed by atoms with van der Waals surface area (Å²) in [7, 11) is 1.71. The van der Waals surface area contributed by atoms with Crippen LogP contribution in [0.5, 0.6) is 5.75 Å². The molecule has 3 nitrogen and oxygen atoms in total. The van der Waals surface area contributed by atoms with E-state index in [2.05, 4.69) is 44.7 Å². The van der Waals surface area contributed by atoms with Crippen molar-refractivity contribution in [2.24, 2.45) is 5.73 Å². The van der Waals surface area contributed by atoms with Crippen LogP contribution in [0.3, 0.4) is 0 Å². The van der Waals surface area contributed by atoms with Gasteiger partial charge in [-0.1, -0.05) is 12.1 Å². The van der Waals surface area contributed by atoms with E-state index in [-0.39, 0.29) is 5.54 Å². The maximum absolute atomic E-state index is 5.69. The molecule has 18 heavy (non-hydrogen) atoms. The van der Waals surface area contributed by atoms with E-state index < -0.39 is 0 Å². The van der Waals surface area contributed by atoms with Gasteiger partial charge in [-0.2, -0.15) is 0 Å². The second-order valence-corrected chi connectivity index (χ2v) is 5.69. The smallest absolute Gasteiger partial charge is 0.121 e. The molecule has 2 N–H and O–H groups in total. The highest BCUT2D eigenvalue weighted by molar-refractivity contribution is 5.36. The summed E-state index contributed by atoms with van der Waals surface area (Å²) in [4.78, 5) is 2.40. The fourth-order valence-electron chi connectivity index (χ4n) is 2.07. The van der Waals surface area contributed by atoms with Gasteiger partial charge in [-0.25, -0.2) is 0 Å². The van der Waals surface area contributed by atoms with Crippen molar-refractivity contribution >= 4 is 0 Å². The van der Waals surface area contributed by atoms with Gasteiger partial charge in [0.15, 0.2) is 0 Å². The van der Waals surface area contributed by atoms with Gasteiger partial charge in [0.25, 0.3) is 0 Å². The average Bonchev–Trinajstić information content (AvgIpc) is 2.27. The summed E-state index contributed by atoms with van der Waals surface area (Å²) in [6.07, 6.45) is 0. The van der Waals surface area contributed by atoms with Crippen molar-refractivity contribution in [2.45, 2.75) is 39.8 Å². The summed E-state index contributed by atoms with van der Waals surface area (Å²) in [6.45, 7) is 11.3. The first-order valence-electron chi connectivity index (χ1n) is 6.47. The topological polar surface area (TPSA) is 38.5 Å². The largest absolute Gasteiger partial charge is 0.496 e. The molecule has 0 amide bonds. The number of nitrogens with two attached hydrogens (primary N) is 1. The van der Waals surface area contributed by atoms with Gasteiger partial charge < -0.3 is 10.5 Å². The van der Waals surface area contributed by atoms with E-state index in [0.29, 0.717) is 6.54 Å². The molecule has 0 aliphatic heterocycles. The predicted octanol–water partition coefficient (Wildman–Crippen LogP) is 2.56. The quantitative estimate of drug-likeness (QED) is 0.873. The molecule has 102 valence electrons. The van der Waals surface area contributed by atoms with Crippen molar-refractivity contribution in [3.05, 3.63) is 29.3 Å². The van der Waals surface area contributed by atoms with Crippen molar-refractivity contribution in [3.8, 4) is 5.75 Å². The maximum atomic E-state index is 5.69. The van der Waals surface area contributed by atoms with Gasteiger partial charge in [-0.05, 0) is 44.9 Å². The molecule has 0 aromatic heterocycles. The van der Waals surface area contributed by atoms with E-state index in [1.54, 1.807) is 7.11 Å². The van der Waals surface area contributed by atoms with E-state index in [9.17, 15) is 0 Å². The molecular formula is C15H26N2O. The Morgan fingerprint density at radius 2 is 1.94 bits per heavy atom. The molecule has 1 aromatic rings. The zero-order valence-electron chi connectivity index (χ0n) is 12.3. The number of ether oxygens (including phenoxy) is 1. The molecule has 0 unspecified atom stereocenters. The Morgan fingerprint density at radius 1 is 1.28 bits per heavy atom. The van der Waals surface area contributed by atoms with Crippen LogP contribution in [0.4, 0.5) is 0 Å². The van der Waals surface area contributed by atoms with Crippen molar-refractivity contribution in [1.82, 2.24) is 4.90 Å². The standard InChI is InChI=1S/C15H26N2O/c1-12-10-13(6-7-14(12)18-5)11-17(9-8-16)15(2,3)4/h6-7,10H,8-9,11,16H2,1-5H3. The van der Waals surface area contributed by atoms with Crippen LogP contribution in [0.15, 0.2) is 18.2 Å². The Hall–Kier alpha value is -1.06. The summed E-state index contributed by atoms with van der Waals surface area (Å²) in [5, 5.41) is 0. The highest BCUT2D eigenvalue weighted by Gasteiger charge is 2.20. The number of hydrogen-bond donors (Lipinski definition) is 1. The Kier molecular flexibility index (Phi) is 5.17. The second kappa shape index (κ2) is 6.21. The molecule has 0 bridgehead atoms. The molecule has 0 spiro atoms. The molecule has 3 heteroatoms. The monoisotopic (exact) mass is 250 g/mol. The van der Waals surface area contributed by atoms with Crippen molar-refractivity contribution < 1.29 is 4.74 Å². The van der Waals surface area contributed by atoms with Crippen LogP contribution in [0.2, 0.25) is 0 Å². The third-order valence-electron chi connectivity index (χ3n) is 3.18. The molecule has 1 rings (SSSR count). The lowest BCUT2D eigenvalue weighted by atomic mass is 10.0. The van der Waals surface area contributed by atoms with Crippen LogP contribution in [0, 0.1) is 6.92 Å². The van der Waals surface area contributed by atoms with Crippen LogP contribution in [-0.2, 0) is 6.54 Å². The number of nitrogens with zero attached hydrogens (tertiary/aromatic N) is 1. The Balaban J connectivity index is 2.84. The summed E-state index contributed by atoms with van der Waals surface area (Å²) in [5.41, 5.74) is 8.31. The van der Waals surface area contributed by atoms with Crippen molar-refractivity contribution in [2.75, 3.05) is 20.2 Å². The molecule has 0 aliphatic carbocycles. The van der Waals surface area contributed by atoms with E-state index in [1.807, 2.05) is 6.07 Å². The summed E-state index contributed by atoms with van der Waals surface area (Å²) in [5.74, 6) is 0.944. The van der Waals surface area contributed by atoms with Gasteiger partial charge in [-0.15, -0.1) is 0 Å². The molecule has 0 atom stereocenters. The van der Waals surface area contributed by atoms with Crippen molar-refractivity contribution in [1.29, 1.82) is 0 Å². The van der Waals surface area contributed by atoms with E-state index in [1.165, 1.54) is 11.1 Å². The molecule has 0 heterocycles. The van der Waals surface area contributed by atoms with Gasteiger partial charge in [-0.3, -0.25) is 4.90 Å². The lowest BCUT2D eigenvalue weighted by Crippen LogP contribution is -2.43. The Labute approximate surface area is 111 Å². The third kappa shape index (κ3) is 4.00. The van der Waals surface area contributed by atoms with Crippen molar-refractivity contribution in [3.63, 3.8) is 0 Å². The van der Waals surface area contributed by atoms with Crippen LogP contribution in [-0.4, -0.2) is 30.6 Å². The first-order valence-corrected chi connectivity index (χ1v) is 6.47. The molecule has 0 saturated heterocycles. The molecule has 0 saturated carbocycles. The zero-order valence-corrected chi connectivity index (χ0v) is 12.3. The number of rotatable bonds is 5. The summed E-state index contributed by atoms with van der Waals surface area (Å²) in [6, 6.07) is 6.35. The van der Waals surface area contributed by atoms with Gasteiger partial charge in [0.05, 0.1) is 7.11 Å². The normalized spacial score (nSPS) is 11.9. The number of benzene rings is 1. The first-order chi connectivity index (χ1) is 8.38. The minimum absolute atomic E-state index is 0.132. The van der Waals surface area contributed by atoms with Crippen LogP contribution >= 0.6 is 0 Å². The van der Waals surface area contributed by atoms with Gasteiger partial charge in [0.1, 0.15) is 5.75 Å². The zero-order chi connectivity index (χ0) is 13.8. The van der Waals surface area contributed by atoms with Crippen LogP contribution in [0.25, 0.3) is 0 Å². The summed E-state index contributed by atoms with van der Waals surface area (Å²) >= 11 is 0. The van der Waals surface area contributed by atoms with Crippen LogP contribution < -0.4 is 10.5 Å². The average molecular weight is 250 g/mol. The third-order valence-corrected chi connectivity index (χ3v) is 3.18. The van der Waals surface area contributed by atoms with E-state index >= 15 is 0 Å². The summed E-state index contributed by atoms with van der Waals surface area (Å²) < 4.78 is 5.29. The molecular weight excluding hydrogens is 224 g/mol. The highest BCUT2D eigenvalue weighted by atomic mass is 16.5. The van der Waals surface area contributed by atoms with Gasteiger partial charge in [0, 0.05) is 25.2 Å². The fraction of sp³-hybridized carbons (Fsp3) is 0.600.